The zero-order valence-corrected chi connectivity index (χ0v) is 14.9. The number of fused-ring (bicyclic) bond motifs is 2. The maximum atomic E-state index is 13.0. The SMILES string of the molecule is O=C(O)[C@H]1[C@H]2CC[C@@H](C2)[C@H]1C(=O)N1CCN(c2cccc(Cl)c2)CC1. The second kappa shape index (κ2) is 6.52. The van der Waals surface area contributed by atoms with E-state index in [0.717, 1.165) is 38.0 Å². The molecule has 25 heavy (non-hydrogen) atoms. The lowest BCUT2D eigenvalue weighted by Gasteiger charge is -2.39. The first-order chi connectivity index (χ1) is 12.0. The molecule has 1 amide bonds. The zero-order valence-electron chi connectivity index (χ0n) is 14.1. The van der Waals surface area contributed by atoms with Gasteiger partial charge in [-0.3, -0.25) is 9.59 Å². The number of amides is 1. The van der Waals surface area contributed by atoms with Crippen LogP contribution in [0, 0.1) is 23.7 Å². The molecular weight excluding hydrogens is 340 g/mol. The zero-order chi connectivity index (χ0) is 17.6. The average molecular weight is 363 g/mol. The van der Waals surface area contributed by atoms with E-state index in [-0.39, 0.29) is 23.7 Å². The van der Waals surface area contributed by atoms with Gasteiger partial charge in [0.05, 0.1) is 11.8 Å². The summed E-state index contributed by atoms with van der Waals surface area (Å²) in [4.78, 5) is 28.8. The predicted octanol–water partition coefficient (Wildman–Crippen LogP) is 2.74. The molecule has 1 heterocycles. The molecule has 0 radical (unpaired) electrons. The first-order valence-electron chi connectivity index (χ1n) is 9.06. The van der Waals surface area contributed by atoms with E-state index in [0.29, 0.717) is 18.1 Å². The first-order valence-corrected chi connectivity index (χ1v) is 9.44. The molecule has 4 rings (SSSR count). The van der Waals surface area contributed by atoms with Crippen LogP contribution in [-0.4, -0.2) is 48.1 Å². The number of benzene rings is 1. The molecule has 0 unspecified atom stereocenters. The van der Waals surface area contributed by atoms with Gasteiger partial charge in [-0.25, -0.2) is 0 Å². The first kappa shape index (κ1) is 16.7. The van der Waals surface area contributed by atoms with E-state index in [1.54, 1.807) is 0 Å². The highest BCUT2D eigenvalue weighted by Gasteiger charge is 2.54. The lowest BCUT2D eigenvalue weighted by atomic mass is 9.78. The molecule has 6 heteroatoms. The minimum atomic E-state index is -0.789. The third-order valence-corrected chi connectivity index (χ3v) is 6.49. The average Bonchev–Trinajstić information content (AvgIpc) is 3.22. The Morgan fingerprint density at radius 3 is 2.36 bits per heavy atom. The smallest absolute Gasteiger partial charge is 0.307 e. The van der Waals surface area contributed by atoms with Crippen LogP contribution in [0.5, 0.6) is 0 Å². The van der Waals surface area contributed by atoms with Crippen LogP contribution in [0.1, 0.15) is 19.3 Å². The van der Waals surface area contributed by atoms with Crippen LogP contribution in [0.15, 0.2) is 24.3 Å². The summed E-state index contributed by atoms with van der Waals surface area (Å²) in [5.41, 5.74) is 1.07. The van der Waals surface area contributed by atoms with Gasteiger partial charge in [0.25, 0.3) is 0 Å². The van der Waals surface area contributed by atoms with Crippen molar-refractivity contribution in [3.8, 4) is 0 Å². The van der Waals surface area contributed by atoms with Crippen molar-refractivity contribution in [3.05, 3.63) is 29.3 Å². The molecule has 1 aliphatic heterocycles. The van der Waals surface area contributed by atoms with Gasteiger partial charge in [-0.2, -0.15) is 0 Å². The molecule has 2 aliphatic carbocycles. The van der Waals surface area contributed by atoms with Gasteiger partial charge in [0.15, 0.2) is 0 Å². The third kappa shape index (κ3) is 2.99. The van der Waals surface area contributed by atoms with Crippen molar-refractivity contribution >= 4 is 29.2 Å². The quantitative estimate of drug-likeness (QED) is 0.898. The molecule has 134 valence electrons. The van der Waals surface area contributed by atoms with E-state index < -0.39 is 11.9 Å². The molecule has 2 bridgehead atoms. The molecule has 0 aromatic heterocycles. The Morgan fingerprint density at radius 1 is 1.04 bits per heavy atom. The number of hydrogen-bond acceptors (Lipinski definition) is 3. The van der Waals surface area contributed by atoms with Gasteiger partial charge >= 0.3 is 5.97 Å². The number of hydrogen-bond donors (Lipinski definition) is 1. The van der Waals surface area contributed by atoms with Crippen LogP contribution in [0.3, 0.4) is 0 Å². The van der Waals surface area contributed by atoms with E-state index in [9.17, 15) is 14.7 Å². The van der Waals surface area contributed by atoms with Gasteiger partial charge in [0.2, 0.25) is 5.91 Å². The summed E-state index contributed by atoms with van der Waals surface area (Å²) in [5.74, 6) is -1.05. The van der Waals surface area contributed by atoms with Crippen LogP contribution in [-0.2, 0) is 9.59 Å². The Bertz CT molecular complexity index is 687. The number of nitrogens with zero attached hydrogens (tertiary/aromatic N) is 2. The van der Waals surface area contributed by atoms with Crippen molar-refractivity contribution < 1.29 is 14.7 Å². The van der Waals surface area contributed by atoms with Crippen LogP contribution in [0.25, 0.3) is 0 Å². The van der Waals surface area contributed by atoms with Gasteiger partial charge in [0.1, 0.15) is 0 Å². The minimum Gasteiger partial charge on any atom is -0.481 e. The van der Waals surface area contributed by atoms with Gasteiger partial charge in [-0.15, -0.1) is 0 Å². The molecule has 3 aliphatic rings. The number of carbonyl (C=O) groups is 2. The van der Waals surface area contributed by atoms with Crippen LogP contribution in [0.2, 0.25) is 5.02 Å². The molecule has 0 spiro atoms. The van der Waals surface area contributed by atoms with Crippen molar-refractivity contribution in [1.29, 1.82) is 0 Å². The molecule has 4 atom stereocenters. The van der Waals surface area contributed by atoms with E-state index in [1.165, 1.54) is 0 Å². The second-order valence-electron chi connectivity index (χ2n) is 7.52. The highest BCUT2D eigenvalue weighted by molar-refractivity contribution is 6.30. The van der Waals surface area contributed by atoms with Gasteiger partial charge in [0, 0.05) is 36.9 Å². The summed E-state index contributed by atoms with van der Waals surface area (Å²) in [5, 5.41) is 10.3. The molecule has 1 saturated heterocycles. The molecule has 1 aromatic rings. The highest BCUT2D eigenvalue weighted by Crippen LogP contribution is 2.53. The van der Waals surface area contributed by atoms with E-state index >= 15 is 0 Å². The lowest BCUT2D eigenvalue weighted by Crippen LogP contribution is -2.52. The Morgan fingerprint density at radius 2 is 1.72 bits per heavy atom. The number of carboxylic acid groups (broad SMARTS) is 1. The fourth-order valence-corrected chi connectivity index (χ4v) is 5.26. The summed E-state index contributed by atoms with van der Waals surface area (Å²) in [6.07, 6.45) is 2.89. The summed E-state index contributed by atoms with van der Waals surface area (Å²) >= 11 is 6.06. The Labute approximate surface area is 152 Å². The third-order valence-electron chi connectivity index (χ3n) is 6.25. The molecule has 1 N–H and O–H groups in total. The fraction of sp³-hybridized carbons (Fsp3) is 0.579. The van der Waals surface area contributed by atoms with Gasteiger partial charge < -0.3 is 14.9 Å². The van der Waals surface area contributed by atoms with Crippen molar-refractivity contribution in [1.82, 2.24) is 4.90 Å². The summed E-state index contributed by atoms with van der Waals surface area (Å²) in [6.45, 7) is 2.80. The van der Waals surface area contributed by atoms with Crippen LogP contribution >= 0.6 is 11.6 Å². The molecular formula is C19H23ClN2O3. The Kier molecular flexibility index (Phi) is 4.36. The fourth-order valence-electron chi connectivity index (χ4n) is 5.07. The standard InChI is InChI=1S/C19H23ClN2O3/c20-14-2-1-3-15(11-14)21-6-8-22(9-7-21)18(23)16-12-4-5-13(10-12)17(16)19(24)25/h1-3,11-13,16-17H,4-10H2,(H,24,25)/t12-,13-,16+,17-/m0/s1. The molecule has 2 saturated carbocycles. The largest absolute Gasteiger partial charge is 0.481 e. The van der Waals surface area contributed by atoms with E-state index in [2.05, 4.69) is 4.90 Å². The van der Waals surface area contributed by atoms with Crippen molar-refractivity contribution in [2.45, 2.75) is 19.3 Å². The molecule has 3 fully saturated rings. The normalized spacial score (nSPS) is 31.4. The van der Waals surface area contributed by atoms with E-state index in [1.807, 2.05) is 29.2 Å². The number of halogens is 1. The maximum Gasteiger partial charge on any atom is 0.307 e. The topological polar surface area (TPSA) is 60.9 Å². The number of rotatable bonds is 3. The summed E-state index contributed by atoms with van der Waals surface area (Å²) in [7, 11) is 0. The summed E-state index contributed by atoms with van der Waals surface area (Å²) < 4.78 is 0. The highest BCUT2D eigenvalue weighted by atomic mass is 35.5. The van der Waals surface area contributed by atoms with Gasteiger partial charge in [-0.05, 0) is 49.3 Å². The van der Waals surface area contributed by atoms with Crippen molar-refractivity contribution in [2.24, 2.45) is 23.7 Å². The number of carboxylic acids is 1. The van der Waals surface area contributed by atoms with E-state index in [4.69, 9.17) is 11.6 Å². The van der Waals surface area contributed by atoms with Crippen molar-refractivity contribution in [3.63, 3.8) is 0 Å². The minimum absolute atomic E-state index is 0.0605. The monoisotopic (exact) mass is 362 g/mol. The lowest BCUT2D eigenvalue weighted by molar-refractivity contribution is -0.153. The number of aliphatic carboxylic acids is 1. The number of piperazine rings is 1. The van der Waals surface area contributed by atoms with Crippen molar-refractivity contribution in [2.75, 3.05) is 31.1 Å². The molecule has 5 nitrogen and oxygen atoms in total. The second-order valence-corrected chi connectivity index (χ2v) is 7.95. The maximum absolute atomic E-state index is 13.0. The number of anilines is 1. The summed E-state index contributed by atoms with van der Waals surface area (Å²) in [6, 6.07) is 7.75. The van der Waals surface area contributed by atoms with Gasteiger partial charge in [-0.1, -0.05) is 17.7 Å². The number of carbonyl (C=O) groups excluding carboxylic acids is 1. The Hall–Kier alpha value is -1.75. The van der Waals surface area contributed by atoms with Crippen LogP contribution < -0.4 is 4.90 Å². The molecule has 1 aromatic carbocycles. The van der Waals surface area contributed by atoms with Crippen LogP contribution in [0.4, 0.5) is 5.69 Å². The predicted molar refractivity (Wildman–Crippen MR) is 95.7 cm³/mol. The Balaban J connectivity index is 1.42.